The number of nitrogens with one attached hydrogen (secondary N) is 6. The molecule has 18 rings (SSSR count). The summed E-state index contributed by atoms with van der Waals surface area (Å²) in [6.07, 6.45) is 3.12. The van der Waals surface area contributed by atoms with Crippen LogP contribution in [-0.4, -0.2) is 89.3 Å². The number of non-ortho nitro benzene ring substituents is 3. The zero-order chi connectivity index (χ0) is 98.5. The molecule has 0 spiro atoms. The Morgan fingerprint density at radius 2 is 0.698 bits per heavy atom. The highest BCUT2D eigenvalue weighted by Crippen LogP contribution is 2.35. The molecule has 6 aromatic heterocycles. The van der Waals surface area contributed by atoms with Gasteiger partial charge in [0, 0.05) is 141 Å². The van der Waals surface area contributed by atoms with Gasteiger partial charge in [0.15, 0.2) is 23.1 Å². The van der Waals surface area contributed by atoms with Gasteiger partial charge in [-0.1, -0.05) is 117 Å². The fourth-order valence-electron chi connectivity index (χ4n) is 13.4. The highest BCUT2D eigenvalue weighted by atomic mass is 32.1. The summed E-state index contributed by atoms with van der Waals surface area (Å²) >= 11 is 3.84. The normalized spacial score (nSPS) is 10.4. The molecular formula is C103H81N15O18S3. The van der Waals surface area contributed by atoms with Gasteiger partial charge in [-0.15, -0.1) is 34.0 Å². The molecule has 0 radical (unpaired) electrons. The second kappa shape index (κ2) is 45.1. The SMILES string of the molecule is C.C=C(N)c1ccccc1NC(=O)c1cnc2ccccc2c1.CC(=O)c1ccc(NC(=O)c2cc3cc([N+](=O)[O-])ccc3s2)cc1.CC(=O)c1cccc(NC(=O)c2cc3cc([N+](=O)[O-])ccc3o2)c1.CC(=O)c1cccc(NC(=O)c2cnc3ccccc3c2)c1.NC(=O)c1ccccc1NC(=O)c1cc2cc(N)ccc2s1.NC(=O)c1ccccc1NC(=O)c1cc2cc([N+](=O)[O-])ccc2s1. The first kappa shape index (κ1) is 99.2. The molecule has 0 bridgehead atoms. The maximum absolute atomic E-state index is 12.4. The van der Waals surface area contributed by atoms with E-state index in [1.807, 2.05) is 84.9 Å². The number of benzene rings is 12. The summed E-state index contributed by atoms with van der Waals surface area (Å²) in [6.45, 7) is 8.13. The van der Waals surface area contributed by atoms with Crippen LogP contribution in [0.1, 0.15) is 146 Å². The molecule has 12 aromatic carbocycles. The number of ketones is 3. The smallest absolute Gasteiger partial charge is 0.291 e. The highest BCUT2D eigenvalue weighted by Gasteiger charge is 2.22. The fraction of sp³-hybridized carbons (Fsp3) is 0.0388. The van der Waals surface area contributed by atoms with Crippen LogP contribution in [0.15, 0.2) is 327 Å². The van der Waals surface area contributed by atoms with E-state index in [-0.39, 0.29) is 82.4 Å². The number of amides is 8. The van der Waals surface area contributed by atoms with Gasteiger partial charge >= 0.3 is 0 Å². The second-order valence-corrected chi connectivity index (χ2v) is 33.3. The highest BCUT2D eigenvalue weighted by molar-refractivity contribution is 7.21. The molecule has 0 aliphatic heterocycles. The van der Waals surface area contributed by atoms with Crippen molar-refractivity contribution in [1.29, 1.82) is 0 Å². The number of nitrogen functional groups attached to an aromatic ring is 1. The van der Waals surface area contributed by atoms with E-state index in [9.17, 15) is 83.1 Å². The Morgan fingerprint density at radius 1 is 0.331 bits per heavy atom. The molecule has 33 nitrogen and oxygen atoms in total. The molecule has 8 amide bonds. The lowest BCUT2D eigenvalue weighted by Gasteiger charge is -2.10. The van der Waals surface area contributed by atoms with E-state index in [1.165, 1.54) is 109 Å². The number of fused-ring (bicyclic) bond motifs is 6. The van der Waals surface area contributed by atoms with Crippen molar-refractivity contribution in [2.75, 3.05) is 37.6 Å². The molecule has 18 aromatic rings. The molecule has 6 heterocycles. The van der Waals surface area contributed by atoms with Gasteiger partial charge in [-0.05, 0) is 190 Å². The van der Waals surface area contributed by atoms with Crippen LogP contribution in [0.2, 0.25) is 0 Å². The number of para-hydroxylation sites is 5. The van der Waals surface area contributed by atoms with E-state index in [2.05, 4.69) is 48.4 Å². The molecule has 694 valence electrons. The minimum absolute atomic E-state index is 0. The lowest BCUT2D eigenvalue weighted by Crippen LogP contribution is -2.17. The number of nitro benzene ring substituents is 3. The molecule has 0 aliphatic carbocycles. The van der Waals surface area contributed by atoms with E-state index < -0.39 is 38.4 Å². The van der Waals surface area contributed by atoms with Gasteiger partial charge in [0.25, 0.3) is 64.3 Å². The van der Waals surface area contributed by atoms with E-state index in [0.717, 1.165) is 41.3 Å². The van der Waals surface area contributed by atoms with Crippen LogP contribution < -0.4 is 54.8 Å². The van der Waals surface area contributed by atoms with Crippen LogP contribution in [-0.2, 0) is 0 Å². The number of nitrogens with zero attached hydrogens (tertiary/aromatic N) is 5. The summed E-state index contributed by atoms with van der Waals surface area (Å²) in [7, 11) is 0. The average Bonchev–Trinajstić information content (AvgIpc) is 1.66. The number of carbonyl (C=O) groups is 11. The average molecular weight is 1910 g/mol. The van der Waals surface area contributed by atoms with Crippen molar-refractivity contribution in [3.05, 3.63) is 418 Å². The van der Waals surface area contributed by atoms with Gasteiger partial charge in [-0.3, -0.25) is 93.1 Å². The zero-order valence-corrected chi connectivity index (χ0v) is 75.3. The first-order chi connectivity index (χ1) is 66.1. The molecule has 0 fully saturated rings. The van der Waals surface area contributed by atoms with Gasteiger partial charge in [0.2, 0.25) is 0 Å². The molecule has 14 N–H and O–H groups in total. The molecule has 0 aliphatic rings. The number of thiophene rings is 3. The van der Waals surface area contributed by atoms with Crippen molar-refractivity contribution in [3.63, 3.8) is 0 Å². The maximum Gasteiger partial charge on any atom is 0.291 e. The van der Waals surface area contributed by atoms with Crippen molar-refractivity contribution < 1.29 is 71.9 Å². The van der Waals surface area contributed by atoms with Crippen molar-refractivity contribution in [1.82, 2.24) is 9.97 Å². The predicted octanol–water partition coefficient (Wildman–Crippen LogP) is 21.8. The third-order valence-electron chi connectivity index (χ3n) is 20.3. The Labute approximate surface area is 801 Å². The Morgan fingerprint density at radius 3 is 1.14 bits per heavy atom. The van der Waals surface area contributed by atoms with Crippen LogP contribution in [0, 0.1) is 30.3 Å². The summed E-state index contributed by atoms with van der Waals surface area (Å²) in [5, 5.41) is 53.3. The summed E-state index contributed by atoms with van der Waals surface area (Å²) < 4.78 is 7.95. The van der Waals surface area contributed by atoms with Crippen LogP contribution in [0.4, 0.5) is 56.9 Å². The molecule has 36 heteroatoms. The van der Waals surface area contributed by atoms with Crippen LogP contribution in [0.5, 0.6) is 0 Å². The molecule has 0 saturated heterocycles. The molecule has 0 unspecified atom stereocenters. The van der Waals surface area contributed by atoms with Crippen LogP contribution >= 0.6 is 34.0 Å². The number of pyridine rings is 2. The van der Waals surface area contributed by atoms with Crippen molar-refractivity contribution in [2.24, 2.45) is 17.2 Å². The molecule has 139 heavy (non-hydrogen) atoms. The molecule has 0 atom stereocenters. The third-order valence-corrected chi connectivity index (χ3v) is 23.6. The van der Waals surface area contributed by atoms with E-state index in [0.29, 0.717) is 115 Å². The minimum Gasteiger partial charge on any atom is -0.451 e. The summed E-state index contributed by atoms with van der Waals surface area (Å²) in [6, 6.07) is 84.2. The van der Waals surface area contributed by atoms with Crippen molar-refractivity contribution >= 4 is 224 Å². The number of nitrogens with two attached hydrogens (primary N) is 4. The van der Waals surface area contributed by atoms with E-state index in [1.54, 1.807) is 176 Å². The fourth-order valence-corrected chi connectivity index (χ4v) is 16.2. The Kier molecular flexibility index (Phi) is 32.2. The van der Waals surface area contributed by atoms with E-state index in [4.69, 9.17) is 27.4 Å². The summed E-state index contributed by atoms with van der Waals surface area (Å²) in [5.41, 5.74) is 31.9. The first-order valence-corrected chi connectivity index (χ1v) is 43.7. The lowest BCUT2D eigenvalue weighted by atomic mass is 10.1. The number of nitro groups is 3. The van der Waals surface area contributed by atoms with Gasteiger partial charge < -0.3 is 59.3 Å². The van der Waals surface area contributed by atoms with E-state index >= 15 is 0 Å². The number of anilines is 7. The standard InChI is InChI=1S/C18H15N3O.C18H14N2O2.C17H12N2O5.C17H12N2O4S.C16H11N3O4S.C16H13N3O2S.CH4/c1-12(19)15-7-3-5-9-17(15)21-18(22)14-10-13-6-2-4-8-16(13)20-11-14;1-12(21)13-6-4-7-16(10-13)20-18(22)15-9-14-5-2-3-8-17(14)19-11-15;1-10(20)11-3-2-4-13(7-11)18-17(21)16-9-12-8-14(19(22)23)5-6-15(12)24-16;1-10(20)11-2-4-13(5-3-11)18-17(21)16-9-12-8-14(19(22)23)6-7-15(12)24-16;17-15(20)11-3-1-2-4-12(11)18-16(21)14-8-9-7-10(19(22)23)5-6-13(9)24-14;17-10-5-6-13-9(7-10)8-14(22-13)16(21)19-12-4-2-1-3-11(12)15(18)20;/h2-11H,1,19H2,(H,21,22);2-11H,1H3,(H,20,22);2*2-9H,1H3,(H,18,21);1-8H,(H2,17,20)(H,18,21);1-8H,17H2,(H2,18,20)(H,19,21);1H4. The van der Waals surface area contributed by atoms with Gasteiger partial charge in [-0.25, -0.2) is 0 Å². The Bertz CT molecular complexity index is 7930. The van der Waals surface area contributed by atoms with Gasteiger partial charge in [0.05, 0.1) is 79.8 Å². The monoisotopic (exact) mass is 1910 g/mol. The van der Waals surface area contributed by atoms with Gasteiger partial charge in [-0.2, -0.15) is 0 Å². The number of hydrogen-bond donors (Lipinski definition) is 10. The second-order valence-electron chi connectivity index (χ2n) is 30.0. The molecule has 0 saturated carbocycles. The number of primary amides is 2. The summed E-state index contributed by atoms with van der Waals surface area (Å²) in [4.78, 5) is 172. The Hall–Kier alpha value is -18.8. The van der Waals surface area contributed by atoms with Crippen molar-refractivity contribution in [2.45, 2.75) is 28.2 Å². The number of Topliss-reactive ketones (excluding diaryl/α,β-unsaturated/α-hetero) is 3. The number of hydrogen-bond acceptors (Lipinski definition) is 25. The molecular weight excluding hydrogens is 1830 g/mol. The minimum atomic E-state index is -0.641. The maximum atomic E-state index is 12.4. The summed E-state index contributed by atoms with van der Waals surface area (Å²) in [5.74, 6) is -3.36. The largest absolute Gasteiger partial charge is 0.451 e. The number of rotatable bonds is 21. The Balaban J connectivity index is 0.000000149. The van der Waals surface area contributed by atoms with Crippen LogP contribution in [0.25, 0.3) is 68.7 Å². The number of aromatic nitrogens is 2. The first-order valence-electron chi connectivity index (χ1n) is 41.2. The lowest BCUT2D eigenvalue weighted by molar-refractivity contribution is -0.384. The topological polar surface area (TPSA) is 532 Å². The van der Waals surface area contributed by atoms with Crippen molar-refractivity contribution in [3.8, 4) is 0 Å². The zero-order valence-electron chi connectivity index (χ0n) is 72.8. The third kappa shape index (κ3) is 25.7. The predicted molar refractivity (Wildman–Crippen MR) is 543 cm³/mol. The quantitative estimate of drug-likeness (QED) is 0.0138. The number of furan rings is 1. The number of carbonyl (C=O) groups excluding carboxylic acids is 11. The van der Waals surface area contributed by atoms with Gasteiger partial charge in [0.1, 0.15) is 5.58 Å². The van der Waals surface area contributed by atoms with Crippen LogP contribution in [0.3, 0.4) is 0 Å².